The second-order valence-corrected chi connectivity index (χ2v) is 1.28. The summed E-state index contributed by atoms with van der Waals surface area (Å²) in [4.78, 5) is 1.53. The number of nitrogens with one attached hydrogen (secondary N) is 1. The second kappa shape index (κ2) is 3.46. The largest absolute Gasteiger partial charge is 0.370 e. The molecule has 0 fully saturated rings. The fraction of sp³-hybridized carbons (Fsp3) is 0.750. The first-order valence-electron chi connectivity index (χ1n) is 1.66. The van der Waals surface area contributed by atoms with E-state index < -0.39 is 0 Å². The molecule has 0 heterocycles. The van der Waals surface area contributed by atoms with E-state index in [1.54, 1.807) is 14.1 Å². The third kappa shape index (κ3) is 5.27. The first-order valence-corrected chi connectivity index (χ1v) is 1.66. The van der Waals surface area contributed by atoms with Gasteiger partial charge in [-0.05, 0) is 0 Å². The Labute approximate surface area is 44.6 Å². The predicted octanol–water partition coefficient (Wildman–Crippen LogP) is 0.0776. The van der Waals surface area contributed by atoms with Crippen LogP contribution in [0.4, 0.5) is 0 Å². The van der Waals surface area contributed by atoms with E-state index in [0.29, 0.717) is 0 Å². The molecule has 0 aliphatic carbocycles. The van der Waals surface area contributed by atoms with Gasteiger partial charge in [0.15, 0.2) is 5.96 Å². The molecule has 0 aromatic carbocycles. The Bertz CT molecular complexity index is 58.0. The van der Waals surface area contributed by atoms with Crippen molar-refractivity contribution in [3.8, 4) is 0 Å². The zero-order valence-corrected chi connectivity index (χ0v) is 4.02. The van der Waals surface area contributed by atoms with Crippen LogP contribution >= 0.6 is 0 Å². The highest BCUT2D eigenvalue weighted by atomic mass is 15.2. The average Bonchev–Trinajstić information content (AvgIpc) is 1.36. The maximum absolute atomic E-state index is 6.65. The molecule has 0 aromatic heterocycles. The van der Waals surface area contributed by atoms with Gasteiger partial charge in [-0.15, -0.1) is 0 Å². The third-order valence-corrected chi connectivity index (χ3v) is 0.482. The van der Waals surface area contributed by atoms with Gasteiger partial charge >= 0.3 is 0 Å². The number of nitrogens with two attached hydrogens (primary N) is 1. The van der Waals surface area contributed by atoms with Crippen molar-refractivity contribution in [2.45, 2.75) is 7.43 Å². The standard InChI is InChI=1S/C3H9N3.CH4/c1-6(2)3(4)5;/h1-2H3,(H3,4,5);1H4. The van der Waals surface area contributed by atoms with Crippen LogP contribution in [0.1, 0.15) is 7.43 Å². The van der Waals surface area contributed by atoms with Crippen LogP contribution in [0.3, 0.4) is 0 Å². The van der Waals surface area contributed by atoms with Crippen LogP contribution < -0.4 is 5.73 Å². The monoisotopic (exact) mass is 103 g/mol. The molecule has 0 atom stereocenters. The molecular weight excluding hydrogens is 90.1 g/mol. The summed E-state index contributed by atoms with van der Waals surface area (Å²) in [6, 6.07) is 0. The normalized spacial score (nSPS) is 6.57. The lowest BCUT2D eigenvalue weighted by Gasteiger charge is -2.05. The van der Waals surface area contributed by atoms with Gasteiger partial charge in [0, 0.05) is 14.1 Å². The van der Waals surface area contributed by atoms with Gasteiger partial charge in [-0.25, -0.2) is 0 Å². The summed E-state index contributed by atoms with van der Waals surface area (Å²) in [5.74, 6) is 0.0926. The number of nitrogens with zero attached hydrogens (tertiary/aromatic N) is 1. The SMILES string of the molecule is C.CN(C)C(=N)N. The molecule has 3 nitrogen and oxygen atoms in total. The maximum atomic E-state index is 6.65. The van der Waals surface area contributed by atoms with Gasteiger partial charge in [0.1, 0.15) is 0 Å². The summed E-state index contributed by atoms with van der Waals surface area (Å²) in [7, 11) is 3.45. The fourth-order valence-corrected chi connectivity index (χ4v) is 0. The second-order valence-electron chi connectivity index (χ2n) is 1.28. The topological polar surface area (TPSA) is 53.1 Å². The van der Waals surface area contributed by atoms with Crippen molar-refractivity contribution in [2.24, 2.45) is 5.73 Å². The molecule has 0 aliphatic heterocycles. The molecule has 0 radical (unpaired) electrons. The lowest BCUT2D eigenvalue weighted by molar-refractivity contribution is 0.609. The molecule has 0 rings (SSSR count). The molecule has 3 N–H and O–H groups in total. The van der Waals surface area contributed by atoms with Gasteiger partial charge in [-0.1, -0.05) is 7.43 Å². The minimum absolute atomic E-state index is 0. The van der Waals surface area contributed by atoms with Crippen molar-refractivity contribution >= 4 is 5.96 Å². The molecule has 0 aromatic rings. The molecule has 3 heteroatoms. The van der Waals surface area contributed by atoms with Gasteiger partial charge in [0.25, 0.3) is 0 Å². The Hall–Kier alpha value is -0.730. The molecule has 0 amide bonds. The predicted molar refractivity (Wildman–Crippen MR) is 32.3 cm³/mol. The quantitative estimate of drug-likeness (QED) is 0.337. The Morgan fingerprint density at radius 2 is 1.71 bits per heavy atom. The van der Waals surface area contributed by atoms with E-state index in [0.717, 1.165) is 0 Å². The lowest BCUT2D eigenvalue weighted by atomic mass is 10.8. The zero-order valence-electron chi connectivity index (χ0n) is 4.02. The van der Waals surface area contributed by atoms with Crippen LogP contribution in [-0.4, -0.2) is 25.0 Å². The van der Waals surface area contributed by atoms with Crippen molar-refractivity contribution in [3.05, 3.63) is 0 Å². The molecule has 7 heavy (non-hydrogen) atoms. The van der Waals surface area contributed by atoms with E-state index in [-0.39, 0.29) is 13.4 Å². The van der Waals surface area contributed by atoms with Crippen LogP contribution in [0.2, 0.25) is 0 Å². The summed E-state index contributed by atoms with van der Waals surface area (Å²) in [6.07, 6.45) is 0. The van der Waals surface area contributed by atoms with E-state index in [9.17, 15) is 0 Å². The molecule has 0 saturated carbocycles. The van der Waals surface area contributed by atoms with Crippen molar-refractivity contribution in [1.29, 1.82) is 5.41 Å². The molecule has 0 spiro atoms. The Morgan fingerprint density at radius 1 is 1.57 bits per heavy atom. The van der Waals surface area contributed by atoms with Crippen molar-refractivity contribution in [1.82, 2.24) is 4.90 Å². The Morgan fingerprint density at radius 3 is 1.71 bits per heavy atom. The first kappa shape index (κ1) is 9.55. The Balaban J connectivity index is 0. The highest BCUT2D eigenvalue weighted by Crippen LogP contribution is 1.62. The molecular formula is C4H13N3. The molecule has 0 aliphatic rings. The molecule has 0 saturated heterocycles. The molecule has 44 valence electrons. The highest BCUT2D eigenvalue weighted by molar-refractivity contribution is 5.73. The van der Waals surface area contributed by atoms with Crippen LogP contribution in [0, 0.1) is 5.41 Å². The molecule has 0 bridgehead atoms. The van der Waals surface area contributed by atoms with E-state index in [1.807, 2.05) is 0 Å². The van der Waals surface area contributed by atoms with Gasteiger partial charge in [0.05, 0.1) is 0 Å². The van der Waals surface area contributed by atoms with Crippen molar-refractivity contribution in [2.75, 3.05) is 14.1 Å². The lowest BCUT2D eigenvalue weighted by Crippen LogP contribution is -2.28. The summed E-state index contributed by atoms with van der Waals surface area (Å²) in [6.45, 7) is 0. The van der Waals surface area contributed by atoms with Crippen LogP contribution in [0.25, 0.3) is 0 Å². The number of guanidine groups is 1. The zero-order chi connectivity index (χ0) is 5.15. The van der Waals surface area contributed by atoms with E-state index >= 15 is 0 Å². The maximum Gasteiger partial charge on any atom is 0.187 e. The minimum Gasteiger partial charge on any atom is -0.370 e. The third-order valence-electron chi connectivity index (χ3n) is 0.482. The Kier molecular flexibility index (Phi) is 4.72. The molecule has 0 unspecified atom stereocenters. The van der Waals surface area contributed by atoms with Crippen LogP contribution in [-0.2, 0) is 0 Å². The van der Waals surface area contributed by atoms with Gasteiger partial charge < -0.3 is 10.6 Å². The average molecular weight is 103 g/mol. The summed E-state index contributed by atoms with van der Waals surface area (Å²) in [5, 5.41) is 6.65. The fourth-order valence-electron chi connectivity index (χ4n) is 0. The minimum atomic E-state index is 0. The van der Waals surface area contributed by atoms with Crippen LogP contribution in [0.5, 0.6) is 0 Å². The summed E-state index contributed by atoms with van der Waals surface area (Å²) >= 11 is 0. The number of hydrogen-bond donors (Lipinski definition) is 2. The summed E-state index contributed by atoms with van der Waals surface area (Å²) in [5.41, 5.74) is 4.94. The van der Waals surface area contributed by atoms with E-state index in [2.05, 4.69) is 0 Å². The smallest absolute Gasteiger partial charge is 0.187 e. The van der Waals surface area contributed by atoms with Gasteiger partial charge in [-0.2, -0.15) is 0 Å². The number of hydrogen-bond acceptors (Lipinski definition) is 1. The van der Waals surface area contributed by atoms with Crippen molar-refractivity contribution in [3.63, 3.8) is 0 Å². The van der Waals surface area contributed by atoms with Crippen molar-refractivity contribution < 1.29 is 0 Å². The number of rotatable bonds is 0. The van der Waals surface area contributed by atoms with E-state index in [4.69, 9.17) is 11.1 Å². The highest BCUT2D eigenvalue weighted by Gasteiger charge is 1.82. The van der Waals surface area contributed by atoms with Crippen LogP contribution in [0.15, 0.2) is 0 Å². The van der Waals surface area contributed by atoms with E-state index in [1.165, 1.54) is 4.90 Å². The van der Waals surface area contributed by atoms with Gasteiger partial charge in [-0.3, -0.25) is 5.41 Å². The van der Waals surface area contributed by atoms with Gasteiger partial charge in [0.2, 0.25) is 0 Å². The first-order chi connectivity index (χ1) is 2.64. The summed E-state index contributed by atoms with van der Waals surface area (Å²) < 4.78 is 0.